The van der Waals surface area contributed by atoms with Crippen LogP contribution in [0.15, 0.2) is 57.8 Å². The van der Waals surface area contributed by atoms with Crippen molar-refractivity contribution in [2.75, 3.05) is 20.7 Å². The third kappa shape index (κ3) is 7.23. The molecule has 1 aliphatic rings. The molecule has 1 aliphatic carbocycles. The maximum absolute atomic E-state index is 15.3. The van der Waals surface area contributed by atoms with Crippen molar-refractivity contribution in [1.29, 1.82) is 0 Å². The van der Waals surface area contributed by atoms with Crippen LogP contribution in [0.3, 0.4) is 0 Å². The molecule has 0 amide bonds. The third-order valence-electron chi connectivity index (χ3n) is 7.48. The van der Waals surface area contributed by atoms with E-state index in [0.717, 1.165) is 53.0 Å². The van der Waals surface area contributed by atoms with Crippen molar-refractivity contribution >= 4 is 39.5 Å². The van der Waals surface area contributed by atoms with Crippen molar-refractivity contribution in [2.24, 2.45) is 10.3 Å². The van der Waals surface area contributed by atoms with E-state index in [9.17, 15) is 18.0 Å². The predicted molar refractivity (Wildman–Crippen MR) is 173 cm³/mol. The lowest BCUT2D eigenvalue weighted by molar-refractivity contribution is 0.0519. The first-order valence-corrected chi connectivity index (χ1v) is 16.9. The Kier molecular flexibility index (Phi) is 9.36. The largest absolute Gasteiger partial charge is 0.461 e. The van der Waals surface area contributed by atoms with Gasteiger partial charge in [-0.3, -0.25) is 4.79 Å². The van der Waals surface area contributed by atoms with Gasteiger partial charge in [0.25, 0.3) is 10.0 Å². The monoisotopic (exact) mass is 650 g/mol. The molecule has 2 aromatic heterocycles. The molecule has 1 fully saturated rings. The highest BCUT2D eigenvalue weighted by molar-refractivity contribution is 7.90. The Morgan fingerprint density at radius 2 is 1.93 bits per heavy atom. The highest BCUT2D eigenvalue weighted by Gasteiger charge is 2.29. The fraction of sp³-hybridized carbons (Fsp3) is 0.333. The van der Waals surface area contributed by atoms with Gasteiger partial charge in [0.15, 0.2) is 11.5 Å². The van der Waals surface area contributed by atoms with E-state index < -0.39 is 26.7 Å². The van der Waals surface area contributed by atoms with Gasteiger partial charge >= 0.3 is 5.97 Å². The molecule has 0 aliphatic heterocycles. The van der Waals surface area contributed by atoms with E-state index >= 15 is 4.39 Å². The number of aromatic nitrogens is 2. The summed E-state index contributed by atoms with van der Waals surface area (Å²) in [6.07, 6.45) is 4.02. The Morgan fingerprint density at radius 3 is 2.58 bits per heavy atom. The number of halogens is 1. The van der Waals surface area contributed by atoms with Crippen molar-refractivity contribution < 1.29 is 27.1 Å². The topological polar surface area (TPSA) is 111 Å². The van der Waals surface area contributed by atoms with Gasteiger partial charge < -0.3 is 14.2 Å². The second-order valence-corrected chi connectivity index (χ2v) is 14.1. The SMILES string of the molecule is CCOC(=O)c1nc(-c2cc(-c3cccc(C(C)=O)c3)n(Cc3ccc(S(=O)(=O)N=CN(C)C)c(F)c3)c2CC2CC2)sc1C. The first-order valence-electron chi connectivity index (χ1n) is 14.6. The number of esters is 1. The molecule has 9 nitrogen and oxygen atoms in total. The number of nitrogens with zero attached hydrogens (tertiary/aromatic N) is 4. The van der Waals surface area contributed by atoms with E-state index in [0.29, 0.717) is 22.1 Å². The van der Waals surface area contributed by atoms with Crippen LogP contribution in [0.25, 0.3) is 21.8 Å². The number of carbonyl (C=O) groups is 2. The van der Waals surface area contributed by atoms with Crippen molar-refractivity contribution in [2.45, 2.75) is 51.5 Å². The molecule has 45 heavy (non-hydrogen) atoms. The molecular weight excluding hydrogens is 616 g/mol. The van der Waals surface area contributed by atoms with Crippen molar-refractivity contribution in [3.8, 4) is 21.8 Å². The Hall–Kier alpha value is -4.16. The van der Waals surface area contributed by atoms with Crippen LogP contribution in [0, 0.1) is 18.7 Å². The summed E-state index contributed by atoms with van der Waals surface area (Å²) in [5.74, 6) is -0.971. The number of carbonyl (C=O) groups excluding carboxylic acids is 2. The molecule has 0 saturated heterocycles. The van der Waals surface area contributed by atoms with Gasteiger partial charge in [0, 0.05) is 48.0 Å². The summed E-state index contributed by atoms with van der Waals surface area (Å²) in [5.41, 5.74) is 4.79. The molecule has 236 valence electrons. The van der Waals surface area contributed by atoms with E-state index in [1.165, 1.54) is 35.3 Å². The molecule has 5 rings (SSSR count). The second kappa shape index (κ2) is 13.1. The van der Waals surface area contributed by atoms with Gasteiger partial charge in [-0.2, -0.15) is 8.42 Å². The molecule has 2 heterocycles. The number of rotatable bonds is 12. The van der Waals surface area contributed by atoms with Crippen molar-refractivity contribution in [1.82, 2.24) is 14.5 Å². The van der Waals surface area contributed by atoms with Crippen LogP contribution in [-0.4, -0.2) is 61.7 Å². The lowest BCUT2D eigenvalue weighted by Gasteiger charge is -2.16. The lowest BCUT2D eigenvalue weighted by atomic mass is 10.1. The van der Waals surface area contributed by atoms with E-state index in [4.69, 9.17) is 9.72 Å². The van der Waals surface area contributed by atoms with E-state index in [1.807, 2.05) is 31.2 Å². The number of aryl methyl sites for hydroxylation is 1. The van der Waals surface area contributed by atoms with Gasteiger partial charge in [0.05, 0.1) is 6.61 Å². The molecule has 0 bridgehead atoms. The Morgan fingerprint density at radius 1 is 1.18 bits per heavy atom. The average molecular weight is 651 g/mol. The summed E-state index contributed by atoms with van der Waals surface area (Å²) in [5, 5.41) is 0.667. The number of benzene rings is 2. The third-order valence-corrected chi connectivity index (χ3v) is 9.74. The number of ether oxygens (including phenoxy) is 1. The predicted octanol–water partition coefficient (Wildman–Crippen LogP) is 6.38. The molecule has 0 spiro atoms. The van der Waals surface area contributed by atoms with E-state index in [-0.39, 0.29) is 24.6 Å². The Bertz CT molecular complexity index is 1910. The minimum absolute atomic E-state index is 0.0706. The molecule has 2 aromatic carbocycles. The zero-order chi connectivity index (χ0) is 32.5. The van der Waals surface area contributed by atoms with Crippen LogP contribution in [0.1, 0.15) is 63.7 Å². The summed E-state index contributed by atoms with van der Waals surface area (Å²) in [6.45, 7) is 5.57. The van der Waals surface area contributed by atoms with Crippen molar-refractivity contribution in [3.05, 3.63) is 81.7 Å². The van der Waals surface area contributed by atoms with Gasteiger partial charge in [-0.05, 0) is 81.3 Å². The fourth-order valence-electron chi connectivity index (χ4n) is 5.05. The van der Waals surface area contributed by atoms with Crippen LogP contribution in [0.4, 0.5) is 4.39 Å². The molecule has 1 saturated carbocycles. The number of thiazole rings is 1. The van der Waals surface area contributed by atoms with E-state index in [1.54, 1.807) is 33.2 Å². The van der Waals surface area contributed by atoms with Crippen LogP contribution < -0.4 is 0 Å². The first kappa shape index (κ1) is 32.2. The zero-order valence-electron chi connectivity index (χ0n) is 25.8. The number of ketones is 1. The lowest BCUT2D eigenvalue weighted by Crippen LogP contribution is -2.11. The summed E-state index contributed by atoms with van der Waals surface area (Å²) >= 11 is 1.41. The quantitative estimate of drug-likeness (QED) is 0.0757. The fourth-order valence-corrected chi connectivity index (χ4v) is 6.97. The van der Waals surface area contributed by atoms with Gasteiger partial charge in [0.2, 0.25) is 0 Å². The van der Waals surface area contributed by atoms with Crippen molar-refractivity contribution in [3.63, 3.8) is 0 Å². The first-order chi connectivity index (χ1) is 21.4. The number of hydrogen-bond donors (Lipinski definition) is 0. The van der Waals surface area contributed by atoms with Crippen LogP contribution >= 0.6 is 11.3 Å². The maximum Gasteiger partial charge on any atom is 0.358 e. The Labute approximate surface area is 266 Å². The van der Waals surface area contributed by atoms with Gasteiger partial charge in [0.1, 0.15) is 22.1 Å². The zero-order valence-corrected chi connectivity index (χ0v) is 27.5. The van der Waals surface area contributed by atoms with Crippen LogP contribution in [-0.2, 0) is 27.7 Å². The van der Waals surface area contributed by atoms with Gasteiger partial charge in [-0.1, -0.05) is 24.3 Å². The molecule has 4 aromatic rings. The second-order valence-electron chi connectivity index (χ2n) is 11.3. The number of hydrogen-bond acceptors (Lipinski definition) is 7. The highest BCUT2D eigenvalue weighted by atomic mass is 32.2. The summed E-state index contributed by atoms with van der Waals surface area (Å²) in [7, 11) is -0.986. The van der Waals surface area contributed by atoms with Crippen LogP contribution in [0.5, 0.6) is 0 Å². The average Bonchev–Trinajstić information content (AvgIpc) is 3.63. The molecule has 0 radical (unpaired) electrons. The molecule has 0 unspecified atom stereocenters. The number of sulfonamides is 1. The molecule has 0 atom stereocenters. The number of Topliss-reactive ketones (excluding diaryl/α,β-unsaturated/α-hetero) is 1. The van der Waals surface area contributed by atoms with Gasteiger partial charge in [-0.15, -0.1) is 15.7 Å². The molecule has 0 N–H and O–H groups in total. The van der Waals surface area contributed by atoms with E-state index in [2.05, 4.69) is 8.96 Å². The highest BCUT2D eigenvalue weighted by Crippen LogP contribution is 2.41. The summed E-state index contributed by atoms with van der Waals surface area (Å²) in [4.78, 5) is 31.3. The van der Waals surface area contributed by atoms with Crippen LogP contribution in [0.2, 0.25) is 0 Å². The smallest absolute Gasteiger partial charge is 0.358 e. The summed E-state index contributed by atoms with van der Waals surface area (Å²) < 4.78 is 51.6. The molecular formula is C33H35FN4O5S2. The Balaban J connectivity index is 1.66. The molecule has 12 heteroatoms. The maximum atomic E-state index is 15.3. The normalized spacial score (nSPS) is 13.4. The standard InChI is InChI=1S/C33H35FN4O5S2/c1-6-43-33(40)31-21(3)44-32(36-31)26-17-28(25-9-7-8-24(16-25)20(2)39)38(29(26)15-22-10-11-22)18-23-12-13-30(27(34)14-23)45(41,42)35-19-37(4)5/h7-9,12-14,16-17,19,22H,6,10-11,15,18H2,1-5H3. The van der Waals surface area contributed by atoms with Gasteiger partial charge in [-0.25, -0.2) is 14.2 Å². The minimum atomic E-state index is -4.23. The summed E-state index contributed by atoms with van der Waals surface area (Å²) in [6, 6.07) is 13.4. The minimum Gasteiger partial charge on any atom is -0.461 e.